The number of aryl methyl sites for hydroxylation is 1. The Morgan fingerprint density at radius 3 is 2.52 bits per heavy atom. The van der Waals surface area contributed by atoms with Crippen LogP contribution in [0.4, 0.5) is 5.82 Å². The third-order valence-electron chi connectivity index (χ3n) is 3.09. The van der Waals surface area contributed by atoms with Gasteiger partial charge in [-0.15, -0.1) is 0 Å². The lowest BCUT2D eigenvalue weighted by Crippen LogP contribution is -2.14. The Morgan fingerprint density at radius 2 is 1.87 bits per heavy atom. The van der Waals surface area contributed by atoms with E-state index in [-0.39, 0.29) is 10.7 Å². The topological polar surface area (TPSA) is 89.8 Å². The van der Waals surface area contributed by atoms with E-state index in [0.717, 1.165) is 10.3 Å². The van der Waals surface area contributed by atoms with Crippen LogP contribution in [0, 0.1) is 6.92 Å². The third kappa shape index (κ3) is 3.40. The second-order valence-electron chi connectivity index (χ2n) is 4.67. The maximum absolute atomic E-state index is 12.4. The van der Waals surface area contributed by atoms with Crippen LogP contribution in [-0.2, 0) is 10.0 Å². The summed E-state index contributed by atoms with van der Waals surface area (Å²) in [5, 5.41) is 0. The number of halogens is 1. The number of sulfonamides is 1. The summed E-state index contributed by atoms with van der Waals surface area (Å²) in [4.78, 5) is 12.4. The molecule has 0 bridgehead atoms. The zero-order valence-corrected chi connectivity index (χ0v) is 14.4. The van der Waals surface area contributed by atoms with Crippen LogP contribution in [0.3, 0.4) is 0 Å². The summed E-state index contributed by atoms with van der Waals surface area (Å²) in [6.45, 7) is 1.83. The number of rotatable bonds is 4. The molecule has 2 heterocycles. The minimum absolute atomic E-state index is 0.152. The number of hydrogen-bond acceptors (Lipinski definition) is 5. The molecule has 0 amide bonds. The monoisotopic (exact) mass is 393 g/mol. The molecule has 2 aromatic heterocycles. The minimum Gasteiger partial charge on any atom is -0.288 e. The maximum Gasteiger partial charge on any atom is 0.263 e. The van der Waals surface area contributed by atoms with E-state index in [2.05, 4.69) is 35.6 Å². The van der Waals surface area contributed by atoms with Crippen LogP contribution in [0.1, 0.15) is 5.82 Å². The molecule has 7 nitrogen and oxygen atoms in total. The normalized spacial score (nSPS) is 11.4. The zero-order chi connectivity index (χ0) is 16.4. The second kappa shape index (κ2) is 6.09. The lowest BCUT2D eigenvalue weighted by molar-refractivity contribution is 0.601. The van der Waals surface area contributed by atoms with Gasteiger partial charge in [0.1, 0.15) is 23.8 Å². The number of nitrogens with zero attached hydrogens (tertiary/aromatic N) is 4. The van der Waals surface area contributed by atoms with E-state index >= 15 is 0 Å². The molecular formula is C14H12BrN5O2S. The van der Waals surface area contributed by atoms with Gasteiger partial charge in [0.05, 0.1) is 4.90 Å². The van der Waals surface area contributed by atoms with Gasteiger partial charge in [-0.1, -0.05) is 15.9 Å². The summed E-state index contributed by atoms with van der Waals surface area (Å²) in [7, 11) is -3.71. The smallest absolute Gasteiger partial charge is 0.263 e. The summed E-state index contributed by atoms with van der Waals surface area (Å²) < 4.78 is 29.7. The van der Waals surface area contributed by atoms with E-state index in [4.69, 9.17) is 0 Å². The Hall–Kier alpha value is -2.26. The van der Waals surface area contributed by atoms with E-state index in [1.54, 1.807) is 35.2 Å². The van der Waals surface area contributed by atoms with Gasteiger partial charge < -0.3 is 0 Å². The van der Waals surface area contributed by atoms with E-state index in [9.17, 15) is 8.42 Å². The van der Waals surface area contributed by atoms with Crippen LogP contribution in [0.15, 0.2) is 58.4 Å². The Morgan fingerprint density at radius 1 is 1.13 bits per heavy atom. The summed E-state index contributed by atoms with van der Waals surface area (Å²) in [5.74, 6) is 1.46. The molecule has 1 N–H and O–H groups in total. The lowest BCUT2D eigenvalue weighted by Gasteiger charge is -2.09. The first-order valence-electron chi connectivity index (χ1n) is 6.56. The van der Waals surface area contributed by atoms with Crippen molar-refractivity contribution in [3.8, 4) is 5.82 Å². The highest BCUT2D eigenvalue weighted by molar-refractivity contribution is 9.10. The first-order chi connectivity index (χ1) is 11.0. The van der Waals surface area contributed by atoms with E-state index in [1.807, 2.05) is 6.92 Å². The van der Waals surface area contributed by atoms with Crippen molar-refractivity contribution in [3.05, 3.63) is 59.3 Å². The van der Waals surface area contributed by atoms with Gasteiger partial charge in [-0.05, 0) is 31.2 Å². The Labute approximate surface area is 141 Å². The molecule has 0 aliphatic carbocycles. The van der Waals surface area contributed by atoms with Crippen LogP contribution < -0.4 is 4.72 Å². The van der Waals surface area contributed by atoms with Crippen molar-refractivity contribution in [2.45, 2.75) is 11.8 Å². The fraction of sp³-hybridized carbons (Fsp3) is 0.0714. The minimum atomic E-state index is -3.71. The largest absolute Gasteiger partial charge is 0.288 e. The summed E-state index contributed by atoms with van der Waals surface area (Å²) >= 11 is 3.27. The highest BCUT2D eigenvalue weighted by atomic mass is 79.9. The highest BCUT2D eigenvalue weighted by Crippen LogP contribution is 2.18. The molecular weight excluding hydrogens is 382 g/mol. The first-order valence-corrected chi connectivity index (χ1v) is 8.84. The van der Waals surface area contributed by atoms with Crippen molar-refractivity contribution in [1.82, 2.24) is 19.5 Å². The highest BCUT2D eigenvalue weighted by Gasteiger charge is 2.15. The van der Waals surface area contributed by atoms with Crippen LogP contribution in [0.2, 0.25) is 0 Å². The fourth-order valence-electron chi connectivity index (χ4n) is 1.97. The van der Waals surface area contributed by atoms with Crippen molar-refractivity contribution in [3.63, 3.8) is 0 Å². The zero-order valence-electron chi connectivity index (χ0n) is 12.0. The molecule has 0 saturated heterocycles. The average Bonchev–Trinajstić information content (AvgIpc) is 2.94. The number of hydrogen-bond donors (Lipinski definition) is 1. The quantitative estimate of drug-likeness (QED) is 0.735. The van der Waals surface area contributed by atoms with E-state index in [0.29, 0.717) is 5.82 Å². The maximum atomic E-state index is 12.4. The molecule has 118 valence electrons. The Kier molecular flexibility index (Phi) is 4.14. The predicted molar refractivity (Wildman–Crippen MR) is 88.8 cm³/mol. The lowest BCUT2D eigenvalue weighted by atomic mass is 10.4. The van der Waals surface area contributed by atoms with Crippen molar-refractivity contribution < 1.29 is 8.42 Å². The molecule has 0 aliphatic rings. The summed E-state index contributed by atoms with van der Waals surface area (Å²) in [6.07, 6.45) is 4.68. The number of anilines is 1. The first kappa shape index (κ1) is 15.6. The molecule has 3 rings (SSSR count). The van der Waals surface area contributed by atoms with Gasteiger partial charge in [-0.3, -0.25) is 9.29 Å². The number of aromatic nitrogens is 4. The molecule has 0 unspecified atom stereocenters. The van der Waals surface area contributed by atoms with Crippen LogP contribution in [0.5, 0.6) is 0 Å². The number of benzene rings is 1. The molecule has 3 aromatic rings. The van der Waals surface area contributed by atoms with Crippen molar-refractivity contribution in [1.29, 1.82) is 0 Å². The Bertz CT molecular complexity index is 938. The standard InChI is InChI=1S/C14H12BrN5O2S/c1-10-16-6-7-20(10)14-8-13(17-9-18-14)19-23(21,22)12-4-2-11(15)3-5-12/h2-9H,1H3,(H,17,18,19). The van der Waals surface area contributed by atoms with Crippen molar-refractivity contribution in [2.24, 2.45) is 0 Å². The van der Waals surface area contributed by atoms with Gasteiger partial charge >= 0.3 is 0 Å². The van der Waals surface area contributed by atoms with Gasteiger partial charge in [0.15, 0.2) is 0 Å². The Balaban J connectivity index is 1.91. The molecule has 23 heavy (non-hydrogen) atoms. The van der Waals surface area contributed by atoms with Crippen molar-refractivity contribution >= 4 is 31.8 Å². The van der Waals surface area contributed by atoms with Crippen LogP contribution in [0.25, 0.3) is 5.82 Å². The molecule has 9 heteroatoms. The van der Waals surface area contributed by atoms with E-state index < -0.39 is 10.0 Å². The molecule has 1 aromatic carbocycles. The van der Waals surface area contributed by atoms with Gasteiger partial charge in [0, 0.05) is 22.9 Å². The SMILES string of the molecule is Cc1nccn1-c1cc(NS(=O)(=O)c2ccc(Br)cc2)ncn1. The van der Waals surface area contributed by atoms with Gasteiger partial charge in [-0.2, -0.15) is 0 Å². The second-order valence-corrected chi connectivity index (χ2v) is 7.26. The fourth-order valence-corrected chi connectivity index (χ4v) is 3.23. The van der Waals surface area contributed by atoms with Gasteiger partial charge in [0.2, 0.25) is 0 Å². The van der Waals surface area contributed by atoms with Crippen LogP contribution in [-0.4, -0.2) is 27.9 Å². The van der Waals surface area contributed by atoms with E-state index in [1.165, 1.54) is 18.5 Å². The molecule has 0 spiro atoms. The summed E-state index contributed by atoms with van der Waals surface area (Å²) in [6, 6.07) is 7.89. The number of nitrogens with one attached hydrogen (secondary N) is 1. The molecule has 0 radical (unpaired) electrons. The number of imidazole rings is 1. The van der Waals surface area contributed by atoms with Crippen molar-refractivity contribution in [2.75, 3.05) is 4.72 Å². The van der Waals surface area contributed by atoms with Gasteiger partial charge in [0.25, 0.3) is 10.0 Å². The molecule has 0 saturated carbocycles. The molecule has 0 atom stereocenters. The van der Waals surface area contributed by atoms with Gasteiger partial charge in [-0.25, -0.2) is 23.4 Å². The molecule has 0 aliphatic heterocycles. The third-order valence-corrected chi connectivity index (χ3v) is 4.99. The molecule has 0 fully saturated rings. The summed E-state index contributed by atoms with van der Waals surface area (Å²) in [5.41, 5.74) is 0. The van der Waals surface area contributed by atoms with Crippen LogP contribution >= 0.6 is 15.9 Å². The average molecular weight is 394 g/mol. The predicted octanol–water partition coefficient (Wildman–Crippen LogP) is 2.53.